The summed E-state index contributed by atoms with van der Waals surface area (Å²) < 4.78 is 27.3. The highest BCUT2D eigenvalue weighted by Crippen LogP contribution is 2.37. The molecule has 0 N–H and O–H groups in total. The molecular formula is C19H12O6. The smallest absolute Gasteiger partial charge is 0.231 e. The molecule has 6 nitrogen and oxygen atoms in total. The maximum atomic E-state index is 13.1. The van der Waals surface area contributed by atoms with Gasteiger partial charge in [0, 0.05) is 6.07 Å². The maximum Gasteiger partial charge on any atom is 0.231 e. The van der Waals surface area contributed by atoms with E-state index in [-0.39, 0.29) is 12.2 Å². The first-order valence-electron chi connectivity index (χ1n) is 7.66. The summed E-state index contributed by atoms with van der Waals surface area (Å²) in [5.41, 5.74) is 1.94. The standard InChI is InChI=1S/C19H12O6/c1-21-19-11-4-5-22-14(11)7-16-17(19)18(20)12(8-23-16)10-2-3-13-15(6-10)25-9-24-13/h2-8H,9H2,1H3. The molecule has 6 heteroatoms. The second kappa shape index (κ2) is 5.04. The zero-order chi connectivity index (χ0) is 17.0. The number of methoxy groups -OCH3 is 1. The first kappa shape index (κ1) is 14.0. The van der Waals surface area contributed by atoms with Crippen LogP contribution in [0.2, 0.25) is 0 Å². The lowest BCUT2D eigenvalue weighted by Gasteiger charge is -2.08. The molecule has 0 aliphatic carbocycles. The third kappa shape index (κ3) is 1.94. The van der Waals surface area contributed by atoms with Gasteiger partial charge in [0.2, 0.25) is 12.2 Å². The molecule has 0 spiro atoms. The number of hydrogen-bond donors (Lipinski definition) is 0. The summed E-state index contributed by atoms with van der Waals surface area (Å²) in [7, 11) is 1.52. The van der Waals surface area contributed by atoms with Gasteiger partial charge in [0.05, 0.1) is 24.3 Å². The minimum atomic E-state index is -0.180. The van der Waals surface area contributed by atoms with E-state index < -0.39 is 0 Å². The Morgan fingerprint density at radius 1 is 1.00 bits per heavy atom. The summed E-state index contributed by atoms with van der Waals surface area (Å²) >= 11 is 0. The molecule has 2 aromatic heterocycles. The van der Waals surface area contributed by atoms with Gasteiger partial charge in [0.1, 0.15) is 28.6 Å². The molecular weight excluding hydrogens is 324 g/mol. The van der Waals surface area contributed by atoms with E-state index in [0.29, 0.717) is 44.9 Å². The number of hydrogen-bond acceptors (Lipinski definition) is 6. The van der Waals surface area contributed by atoms with Gasteiger partial charge in [-0.2, -0.15) is 0 Å². The van der Waals surface area contributed by atoms with E-state index in [1.165, 1.54) is 13.4 Å². The van der Waals surface area contributed by atoms with E-state index in [0.717, 1.165) is 5.39 Å². The van der Waals surface area contributed by atoms with Crippen molar-refractivity contribution in [2.24, 2.45) is 0 Å². The van der Waals surface area contributed by atoms with E-state index in [1.54, 1.807) is 36.6 Å². The van der Waals surface area contributed by atoms with Crippen LogP contribution in [0.25, 0.3) is 33.1 Å². The quantitative estimate of drug-likeness (QED) is 0.552. The van der Waals surface area contributed by atoms with Crippen LogP contribution in [0.4, 0.5) is 0 Å². The Hall–Kier alpha value is -3.41. The van der Waals surface area contributed by atoms with Gasteiger partial charge >= 0.3 is 0 Å². The van der Waals surface area contributed by atoms with E-state index in [9.17, 15) is 4.79 Å². The molecule has 4 aromatic rings. The van der Waals surface area contributed by atoms with Crippen molar-refractivity contribution in [1.29, 1.82) is 0 Å². The molecule has 0 atom stereocenters. The van der Waals surface area contributed by atoms with Crippen molar-refractivity contribution in [3.8, 4) is 28.4 Å². The van der Waals surface area contributed by atoms with E-state index in [1.807, 2.05) is 0 Å². The Morgan fingerprint density at radius 2 is 1.88 bits per heavy atom. The highest BCUT2D eigenvalue weighted by molar-refractivity contribution is 6.02. The van der Waals surface area contributed by atoms with Crippen LogP contribution in [-0.2, 0) is 0 Å². The monoisotopic (exact) mass is 336 g/mol. The topological polar surface area (TPSA) is 71.0 Å². The number of rotatable bonds is 2. The minimum Gasteiger partial charge on any atom is -0.495 e. The van der Waals surface area contributed by atoms with E-state index in [4.69, 9.17) is 23.0 Å². The average molecular weight is 336 g/mol. The summed E-state index contributed by atoms with van der Waals surface area (Å²) in [6.07, 6.45) is 2.99. The van der Waals surface area contributed by atoms with Crippen LogP contribution >= 0.6 is 0 Å². The van der Waals surface area contributed by atoms with Crippen molar-refractivity contribution in [3.05, 3.63) is 53.1 Å². The van der Waals surface area contributed by atoms with Gasteiger partial charge in [-0.3, -0.25) is 4.79 Å². The molecule has 2 aromatic carbocycles. The number of ether oxygens (including phenoxy) is 3. The zero-order valence-electron chi connectivity index (χ0n) is 13.2. The van der Waals surface area contributed by atoms with Crippen molar-refractivity contribution < 1.29 is 23.0 Å². The van der Waals surface area contributed by atoms with Crippen molar-refractivity contribution in [3.63, 3.8) is 0 Å². The van der Waals surface area contributed by atoms with Gasteiger partial charge in [0.25, 0.3) is 0 Å². The van der Waals surface area contributed by atoms with Gasteiger partial charge in [0.15, 0.2) is 11.5 Å². The molecule has 0 radical (unpaired) electrons. The Balaban J connectivity index is 1.82. The molecule has 0 unspecified atom stereocenters. The largest absolute Gasteiger partial charge is 0.495 e. The minimum absolute atomic E-state index is 0.178. The van der Waals surface area contributed by atoms with Crippen LogP contribution < -0.4 is 19.6 Å². The van der Waals surface area contributed by atoms with Crippen LogP contribution in [-0.4, -0.2) is 13.9 Å². The van der Waals surface area contributed by atoms with Gasteiger partial charge in [-0.15, -0.1) is 0 Å². The predicted molar refractivity (Wildman–Crippen MR) is 90.4 cm³/mol. The van der Waals surface area contributed by atoms with Crippen molar-refractivity contribution in [2.45, 2.75) is 0 Å². The first-order chi connectivity index (χ1) is 12.3. The molecule has 5 rings (SSSR count). The third-order valence-electron chi connectivity index (χ3n) is 4.34. The number of fused-ring (bicyclic) bond motifs is 3. The second-order valence-electron chi connectivity index (χ2n) is 5.66. The molecule has 1 aliphatic rings. The number of benzene rings is 2. The summed E-state index contributed by atoms with van der Waals surface area (Å²) in [6.45, 7) is 0.178. The van der Waals surface area contributed by atoms with E-state index >= 15 is 0 Å². The molecule has 0 fully saturated rings. The van der Waals surface area contributed by atoms with Gasteiger partial charge < -0.3 is 23.0 Å². The summed E-state index contributed by atoms with van der Waals surface area (Å²) in [6, 6.07) is 8.80. The highest BCUT2D eigenvalue weighted by atomic mass is 16.7. The fraction of sp³-hybridized carbons (Fsp3) is 0.105. The van der Waals surface area contributed by atoms with Gasteiger partial charge in [-0.25, -0.2) is 0 Å². The molecule has 0 amide bonds. The lowest BCUT2D eigenvalue weighted by atomic mass is 10.0. The average Bonchev–Trinajstić information content (AvgIpc) is 3.28. The maximum absolute atomic E-state index is 13.1. The van der Waals surface area contributed by atoms with Crippen LogP contribution in [0.3, 0.4) is 0 Å². The Kier molecular flexibility index (Phi) is 2.82. The summed E-state index contributed by atoms with van der Waals surface area (Å²) in [5, 5.41) is 1.11. The van der Waals surface area contributed by atoms with Gasteiger partial charge in [-0.1, -0.05) is 6.07 Å². The first-order valence-corrected chi connectivity index (χ1v) is 7.66. The fourth-order valence-electron chi connectivity index (χ4n) is 3.15. The normalized spacial score (nSPS) is 12.8. The predicted octanol–water partition coefficient (Wildman–Crippen LogP) is 3.94. The SMILES string of the molecule is COc1c2ccoc2cc2occ(-c3ccc4c(c3)OCO4)c(=O)c12. The summed E-state index contributed by atoms with van der Waals surface area (Å²) in [4.78, 5) is 13.1. The molecule has 25 heavy (non-hydrogen) atoms. The Morgan fingerprint density at radius 3 is 2.76 bits per heavy atom. The zero-order valence-corrected chi connectivity index (χ0v) is 13.2. The lowest BCUT2D eigenvalue weighted by molar-refractivity contribution is 0.174. The molecule has 0 saturated carbocycles. The number of furan rings is 1. The van der Waals surface area contributed by atoms with Crippen LogP contribution in [0.1, 0.15) is 0 Å². The Bertz CT molecular complexity index is 1180. The van der Waals surface area contributed by atoms with Crippen molar-refractivity contribution in [2.75, 3.05) is 13.9 Å². The molecule has 124 valence electrons. The van der Waals surface area contributed by atoms with Crippen molar-refractivity contribution in [1.82, 2.24) is 0 Å². The molecule has 3 heterocycles. The van der Waals surface area contributed by atoms with Crippen LogP contribution in [0, 0.1) is 0 Å². The van der Waals surface area contributed by atoms with E-state index in [2.05, 4.69) is 0 Å². The molecule has 1 aliphatic heterocycles. The molecule has 0 saturated heterocycles. The van der Waals surface area contributed by atoms with Gasteiger partial charge in [-0.05, 0) is 23.8 Å². The third-order valence-corrected chi connectivity index (χ3v) is 4.34. The Labute approximate surface area is 141 Å². The second-order valence-corrected chi connectivity index (χ2v) is 5.66. The summed E-state index contributed by atoms with van der Waals surface area (Å²) in [5.74, 6) is 1.71. The van der Waals surface area contributed by atoms with Crippen LogP contribution in [0.5, 0.6) is 17.2 Å². The fourth-order valence-corrected chi connectivity index (χ4v) is 3.15. The highest BCUT2D eigenvalue weighted by Gasteiger charge is 2.20. The molecule has 0 bridgehead atoms. The lowest BCUT2D eigenvalue weighted by Crippen LogP contribution is -2.06. The van der Waals surface area contributed by atoms with Crippen molar-refractivity contribution >= 4 is 21.9 Å². The van der Waals surface area contributed by atoms with Crippen LogP contribution in [0.15, 0.2) is 56.5 Å².